The van der Waals surface area contributed by atoms with Crippen molar-refractivity contribution in [1.82, 2.24) is 10.2 Å². The number of benzene rings is 3. The van der Waals surface area contributed by atoms with Crippen molar-refractivity contribution in [2.24, 2.45) is 0 Å². The Bertz CT molecular complexity index is 1460. The maximum Gasteiger partial charge on any atom is 0.264 e. The average Bonchev–Trinajstić information content (AvgIpc) is 3.04. The van der Waals surface area contributed by atoms with Gasteiger partial charge in [0.2, 0.25) is 11.8 Å². The van der Waals surface area contributed by atoms with Crippen LogP contribution in [0.4, 0.5) is 5.69 Å². The summed E-state index contributed by atoms with van der Waals surface area (Å²) in [4.78, 5) is 29.1. The Balaban J connectivity index is 1.69. The lowest BCUT2D eigenvalue weighted by molar-refractivity contribution is -0.139. The molecule has 0 radical (unpaired) electrons. The second kappa shape index (κ2) is 14.9. The van der Waals surface area contributed by atoms with Crippen LogP contribution in [0.15, 0.2) is 83.8 Å². The molecule has 1 fully saturated rings. The van der Waals surface area contributed by atoms with Crippen molar-refractivity contribution < 1.29 is 27.5 Å². The van der Waals surface area contributed by atoms with E-state index in [0.29, 0.717) is 12.2 Å². The molecule has 0 bridgehead atoms. The largest absolute Gasteiger partial charge is 0.497 e. The van der Waals surface area contributed by atoms with Crippen molar-refractivity contribution in [2.75, 3.05) is 31.6 Å². The van der Waals surface area contributed by atoms with E-state index in [4.69, 9.17) is 9.47 Å². The van der Waals surface area contributed by atoms with E-state index >= 15 is 0 Å². The third-order valence-corrected chi connectivity index (χ3v) is 9.64. The highest BCUT2D eigenvalue weighted by molar-refractivity contribution is 7.92. The molecule has 4 rings (SSSR count). The number of hydrogen-bond acceptors (Lipinski definition) is 6. The summed E-state index contributed by atoms with van der Waals surface area (Å²) in [6.07, 6.45) is 5.60. The van der Waals surface area contributed by atoms with Crippen molar-refractivity contribution in [3.8, 4) is 11.5 Å². The van der Waals surface area contributed by atoms with Gasteiger partial charge in [0.1, 0.15) is 24.1 Å². The normalized spacial score (nSPS) is 14.4. The highest BCUT2D eigenvalue weighted by atomic mass is 32.2. The van der Waals surface area contributed by atoms with Crippen molar-refractivity contribution in [2.45, 2.75) is 62.4 Å². The van der Waals surface area contributed by atoms with Gasteiger partial charge in [-0.3, -0.25) is 13.9 Å². The molecule has 1 saturated carbocycles. The molecule has 0 aliphatic heterocycles. The Kier molecular flexibility index (Phi) is 11.1. The zero-order chi connectivity index (χ0) is 30.8. The first-order chi connectivity index (χ1) is 20.7. The molecule has 3 aromatic rings. The Hall–Kier alpha value is -4.05. The van der Waals surface area contributed by atoms with Gasteiger partial charge in [-0.2, -0.15) is 0 Å². The number of hydrogen-bond donors (Lipinski definition) is 1. The van der Waals surface area contributed by atoms with Crippen LogP contribution in [-0.2, 0) is 26.0 Å². The lowest BCUT2D eigenvalue weighted by atomic mass is 9.95. The van der Waals surface area contributed by atoms with Crippen molar-refractivity contribution in [3.05, 3.63) is 84.4 Å². The fraction of sp³-hybridized carbons (Fsp3) is 0.394. The molecular weight excluding hydrogens is 566 g/mol. The summed E-state index contributed by atoms with van der Waals surface area (Å²) in [6, 6.07) is 21.6. The molecule has 0 aromatic heterocycles. The van der Waals surface area contributed by atoms with Gasteiger partial charge in [-0.1, -0.05) is 67.8 Å². The molecule has 1 aliphatic rings. The number of methoxy groups -OCH3 is 2. The first-order valence-corrected chi connectivity index (χ1v) is 16.1. The molecule has 1 atom stereocenters. The number of carbonyl (C=O) groups is 2. The zero-order valence-electron chi connectivity index (χ0n) is 25.1. The quantitative estimate of drug-likeness (QED) is 0.299. The van der Waals surface area contributed by atoms with E-state index in [1.165, 1.54) is 37.3 Å². The molecule has 1 aliphatic carbocycles. The number of nitrogens with one attached hydrogen (secondary N) is 1. The number of nitrogens with zero attached hydrogens (tertiary/aromatic N) is 2. The van der Waals surface area contributed by atoms with Crippen LogP contribution in [-0.4, -0.2) is 64.5 Å². The predicted molar refractivity (Wildman–Crippen MR) is 167 cm³/mol. The van der Waals surface area contributed by atoms with Gasteiger partial charge in [0, 0.05) is 18.7 Å². The van der Waals surface area contributed by atoms with Gasteiger partial charge in [0.15, 0.2) is 0 Å². The van der Waals surface area contributed by atoms with E-state index in [2.05, 4.69) is 5.32 Å². The maximum atomic E-state index is 14.2. The van der Waals surface area contributed by atoms with Gasteiger partial charge >= 0.3 is 0 Å². The molecule has 0 spiro atoms. The first kappa shape index (κ1) is 31.9. The third-order valence-electron chi connectivity index (χ3n) is 7.87. The third kappa shape index (κ3) is 8.07. The van der Waals surface area contributed by atoms with Gasteiger partial charge < -0.3 is 19.7 Å². The summed E-state index contributed by atoms with van der Waals surface area (Å²) < 4.78 is 40.1. The van der Waals surface area contributed by atoms with Crippen LogP contribution in [0.3, 0.4) is 0 Å². The summed E-state index contributed by atoms with van der Waals surface area (Å²) >= 11 is 0. The molecular formula is C33H41N3O6S. The van der Waals surface area contributed by atoms with Gasteiger partial charge in [-0.15, -0.1) is 0 Å². The number of sulfonamides is 1. The van der Waals surface area contributed by atoms with E-state index < -0.39 is 28.5 Å². The van der Waals surface area contributed by atoms with E-state index in [-0.39, 0.29) is 34.8 Å². The van der Waals surface area contributed by atoms with Crippen LogP contribution in [0.1, 0.15) is 44.6 Å². The number of ether oxygens (including phenoxy) is 2. The van der Waals surface area contributed by atoms with Crippen LogP contribution in [0.2, 0.25) is 0 Å². The predicted octanol–water partition coefficient (Wildman–Crippen LogP) is 4.81. The van der Waals surface area contributed by atoms with Crippen molar-refractivity contribution in [1.29, 1.82) is 0 Å². The van der Waals surface area contributed by atoms with Gasteiger partial charge in [-0.25, -0.2) is 8.42 Å². The van der Waals surface area contributed by atoms with Gasteiger partial charge in [-0.05, 0) is 56.0 Å². The summed E-state index contributed by atoms with van der Waals surface area (Å²) in [5.74, 6) is -0.0963. The second-order valence-electron chi connectivity index (χ2n) is 10.7. The molecule has 0 saturated heterocycles. The Morgan fingerprint density at radius 3 is 2.19 bits per heavy atom. The highest BCUT2D eigenvalue weighted by Crippen LogP contribution is 2.36. The van der Waals surface area contributed by atoms with Crippen LogP contribution in [0, 0.1) is 0 Å². The molecule has 43 heavy (non-hydrogen) atoms. The molecule has 0 unspecified atom stereocenters. The summed E-state index contributed by atoms with van der Waals surface area (Å²) in [5.41, 5.74) is 1.16. The Labute approximate surface area is 254 Å². The molecule has 0 heterocycles. The first-order valence-electron chi connectivity index (χ1n) is 14.7. The molecule has 9 nitrogen and oxygen atoms in total. The average molecular weight is 608 g/mol. The minimum Gasteiger partial charge on any atom is -0.497 e. The molecule has 3 aromatic carbocycles. The summed E-state index contributed by atoms with van der Waals surface area (Å²) in [7, 11) is -1.31. The minimum absolute atomic E-state index is 0.0200. The number of anilines is 1. The summed E-state index contributed by atoms with van der Waals surface area (Å²) in [5, 5.41) is 3.13. The van der Waals surface area contributed by atoms with Crippen LogP contribution < -0.4 is 19.1 Å². The fourth-order valence-electron chi connectivity index (χ4n) is 5.36. The van der Waals surface area contributed by atoms with Crippen LogP contribution in [0.25, 0.3) is 0 Å². The SMILES string of the molecule is COc1ccc(OC)c(N(CC(=O)N(CCc2ccccc2)[C@H](C)C(=O)NC2CCCCC2)S(=O)(=O)c2ccccc2)c1. The summed E-state index contributed by atoms with van der Waals surface area (Å²) in [6.45, 7) is 1.39. The lowest BCUT2D eigenvalue weighted by Gasteiger charge is -2.33. The van der Waals surface area contributed by atoms with Gasteiger partial charge in [0.25, 0.3) is 10.0 Å². The minimum atomic E-state index is -4.23. The second-order valence-corrected chi connectivity index (χ2v) is 12.6. The fourth-order valence-corrected chi connectivity index (χ4v) is 6.80. The van der Waals surface area contributed by atoms with E-state index in [1.807, 2.05) is 30.3 Å². The lowest BCUT2D eigenvalue weighted by Crippen LogP contribution is -2.53. The topological polar surface area (TPSA) is 105 Å². The van der Waals surface area contributed by atoms with E-state index in [9.17, 15) is 18.0 Å². The van der Waals surface area contributed by atoms with E-state index in [1.54, 1.807) is 37.3 Å². The highest BCUT2D eigenvalue weighted by Gasteiger charge is 2.34. The van der Waals surface area contributed by atoms with E-state index in [0.717, 1.165) is 42.0 Å². The maximum absolute atomic E-state index is 14.2. The van der Waals surface area contributed by atoms with Crippen LogP contribution in [0.5, 0.6) is 11.5 Å². The van der Waals surface area contributed by atoms with Crippen LogP contribution >= 0.6 is 0 Å². The van der Waals surface area contributed by atoms with Gasteiger partial charge in [0.05, 0.1) is 24.8 Å². The number of carbonyl (C=O) groups excluding carboxylic acids is 2. The number of rotatable bonds is 13. The Morgan fingerprint density at radius 1 is 0.907 bits per heavy atom. The smallest absolute Gasteiger partial charge is 0.264 e. The molecule has 1 N–H and O–H groups in total. The van der Waals surface area contributed by atoms with Crippen molar-refractivity contribution >= 4 is 27.5 Å². The monoisotopic (exact) mass is 607 g/mol. The van der Waals surface area contributed by atoms with Crippen molar-refractivity contribution in [3.63, 3.8) is 0 Å². The standard InChI is InChI=1S/C33H41N3O6S/c1-25(33(38)34-27-15-9-5-10-16-27)35(22-21-26-13-7-4-8-14-26)32(37)24-36(43(39,40)29-17-11-6-12-18-29)30-23-28(41-2)19-20-31(30)42-3/h4,6-8,11-14,17-20,23,25,27H,5,9-10,15-16,21-22,24H2,1-3H3,(H,34,38)/t25-/m1/s1. The molecule has 10 heteroatoms. The molecule has 230 valence electrons. The Morgan fingerprint density at radius 2 is 1.56 bits per heavy atom. The zero-order valence-corrected chi connectivity index (χ0v) is 25.9. The molecule has 2 amide bonds. The number of amides is 2.